The predicted molar refractivity (Wildman–Crippen MR) is 70.5 cm³/mol. The number of rotatable bonds is 3. The largest absolute Gasteiger partial charge is 0.493 e. The van der Waals surface area contributed by atoms with E-state index in [-0.39, 0.29) is 0 Å². The summed E-state index contributed by atoms with van der Waals surface area (Å²) in [5.74, 6) is 0.119. The lowest BCUT2D eigenvalue weighted by molar-refractivity contribution is -0.143. The maximum atomic E-state index is 11.6. The zero-order valence-electron chi connectivity index (χ0n) is 10.8. The Morgan fingerprint density at radius 1 is 1.37 bits per heavy atom. The molecular weight excluding hydrogens is 244 g/mol. The Kier molecular flexibility index (Phi) is 3.40. The number of piperazine rings is 1. The Morgan fingerprint density at radius 2 is 2.16 bits per heavy atom. The lowest BCUT2D eigenvalue weighted by Crippen LogP contribution is -2.47. The highest BCUT2D eigenvalue weighted by Crippen LogP contribution is 2.30. The molecule has 1 aromatic carbocycles. The quantitative estimate of drug-likeness (QED) is 0.837. The minimum Gasteiger partial charge on any atom is -0.493 e. The van der Waals surface area contributed by atoms with Crippen LogP contribution < -0.4 is 10.1 Å². The first-order valence-corrected chi connectivity index (χ1v) is 6.69. The fraction of sp³-hybridized carbons (Fsp3) is 0.500. The summed E-state index contributed by atoms with van der Waals surface area (Å²) in [6, 6.07) is 5.22. The van der Waals surface area contributed by atoms with Gasteiger partial charge >= 0.3 is 5.97 Å². The number of ether oxygens (including phenoxy) is 1. The molecule has 0 amide bonds. The van der Waals surface area contributed by atoms with Crippen LogP contribution in [0.4, 0.5) is 0 Å². The van der Waals surface area contributed by atoms with E-state index in [1.807, 2.05) is 23.1 Å². The smallest absolute Gasteiger partial charge is 0.325 e. The third kappa shape index (κ3) is 2.43. The molecular formula is C14H18N2O3. The Labute approximate surface area is 112 Å². The summed E-state index contributed by atoms with van der Waals surface area (Å²) in [5, 5.41) is 12.8. The van der Waals surface area contributed by atoms with E-state index in [4.69, 9.17) is 4.74 Å². The maximum absolute atomic E-state index is 11.6. The van der Waals surface area contributed by atoms with Crippen LogP contribution in [0.3, 0.4) is 0 Å². The number of nitrogens with zero attached hydrogens (tertiary/aromatic N) is 1. The van der Waals surface area contributed by atoms with Gasteiger partial charge in [0.1, 0.15) is 11.8 Å². The highest BCUT2D eigenvalue weighted by molar-refractivity contribution is 5.76. The van der Waals surface area contributed by atoms with Gasteiger partial charge in [-0.2, -0.15) is 0 Å². The van der Waals surface area contributed by atoms with Crippen LogP contribution in [0.15, 0.2) is 18.2 Å². The number of fused-ring (bicyclic) bond motifs is 1. The molecule has 2 aliphatic heterocycles. The Morgan fingerprint density at radius 3 is 2.89 bits per heavy atom. The van der Waals surface area contributed by atoms with Gasteiger partial charge in [-0.1, -0.05) is 6.07 Å². The van der Waals surface area contributed by atoms with Crippen molar-refractivity contribution in [2.75, 3.05) is 32.8 Å². The van der Waals surface area contributed by atoms with Crippen LogP contribution in [0.5, 0.6) is 5.75 Å². The molecule has 102 valence electrons. The van der Waals surface area contributed by atoms with E-state index in [2.05, 4.69) is 5.32 Å². The second-order valence-corrected chi connectivity index (χ2v) is 4.99. The van der Waals surface area contributed by atoms with Gasteiger partial charge in [-0.25, -0.2) is 0 Å². The van der Waals surface area contributed by atoms with E-state index in [0.29, 0.717) is 6.61 Å². The average molecular weight is 262 g/mol. The molecule has 1 saturated heterocycles. The van der Waals surface area contributed by atoms with Gasteiger partial charge in [0.2, 0.25) is 0 Å². The van der Waals surface area contributed by atoms with Gasteiger partial charge in [0.15, 0.2) is 0 Å². The summed E-state index contributed by atoms with van der Waals surface area (Å²) in [5.41, 5.74) is 1.98. The standard InChI is InChI=1S/C14H18N2O3/c17-14(18)13(16-6-4-15-5-7-16)11-1-2-12-10(9-11)3-8-19-12/h1-2,9,13,15H,3-8H2,(H,17,18). The van der Waals surface area contributed by atoms with Crippen molar-refractivity contribution in [2.24, 2.45) is 0 Å². The van der Waals surface area contributed by atoms with Crippen LogP contribution in [0.2, 0.25) is 0 Å². The fourth-order valence-electron chi connectivity index (χ4n) is 2.83. The van der Waals surface area contributed by atoms with Crippen LogP contribution in [-0.2, 0) is 11.2 Å². The number of carboxylic acids is 1. The molecule has 3 rings (SSSR count). The molecule has 0 radical (unpaired) electrons. The molecule has 0 bridgehead atoms. The SMILES string of the molecule is O=C(O)C(c1ccc2c(c1)CCO2)N1CCNCC1. The van der Waals surface area contributed by atoms with Gasteiger partial charge in [0.25, 0.3) is 0 Å². The van der Waals surface area contributed by atoms with Crippen molar-refractivity contribution in [2.45, 2.75) is 12.5 Å². The first kappa shape index (κ1) is 12.4. The molecule has 0 aliphatic carbocycles. The number of hydrogen-bond donors (Lipinski definition) is 2. The van der Waals surface area contributed by atoms with Crippen molar-refractivity contribution in [3.8, 4) is 5.75 Å². The zero-order chi connectivity index (χ0) is 13.2. The first-order chi connectivity index (χ1) is 9.25. The van der Waals surface area contributed by atoms with Gasteiger partial charge in [-0.3, -0.25) is 9.69 Å². The summed E-state index contributed by atoms with van der Waals surface area (Å²) >= 11 is 0. The van der Waals surface area contributed by atoms with Gasteiger partial charge in [-0.05, 0) is 23.3 Å². The molecule has 0 saturated carbocycles. The van der Waals surface area contributed by atoms with E-state index in [0.717, 1.165) is 49.5 Å². The highest BCUT2D eigenvalue weighted by atomic mass is 16.5. The third-order valence-electron chi connectivity index (χ3n) is 3.78. The summed E-state index contributed by atoms with van der Waals surface area (Å²) in [6.45, 7) is 3.93. The van der Waals surface area contributed by atoms with E-state index >= 15 is 0 Å². The molecule has 2 aliphatic rings. The molecule has 1 atom stereocenters. The minimum atomic E-state index is -0.777. The summed E-state index contributed by atoms with van der Waals surface area (Å²) in [7, 11) is 0. The number of carbonyl (C=O) groups is 1. The minimum absolute atomic E-state index is 0.548. The first-order valence-electron chi connectivity index (χ1n) is 6.69. The van der Waals surface area contributed by atoms with E-state index in [1.165, 1.54) is 0 Å². The number of hydrogen-bond acceptors (Lipinski definition) is 4. The predicted octanol–water partition coefficient (Wildman–Crippen LogP) is 0.652. The monoisotopic (exact) mass is 262 g/mol. The summed E-state index contributed by atoms with van der Waals surface area (Å²) < 4.78 is 5.47. The maximum Gasteiger partial charge on any atom is 0.325 e. The van der Waals surface area contributed by atoms with Crippen LogP contribution in [0, 0.1) is 0 Å². The molecule has 5 nitrogen and oxygen atoms in total. The molecule has 0 aromatic heterocycles. The van der Waals surface area contributed by atoms with Crippen molar-refractivity contribution >= 4 is 5.97 Å². The Bertz CT molecular complexity index is 484. The lowest BCUT2D eigenvalue weighted by Gasteiger charge is -2.32. The second-order valence-electron chi connectivity index (χ2n) is 4.99. The van der Waals surface area contributed by atoms with Crippen LogP contribution in [0.25, 0.3) is 0 Å². The lowest BCUT2D eigenvalue weighted by atomic mass is 10.0. The molecule has 5 heteroatoms. The van der Waals surface area contributed by atoms with Crippen molar-refractivity contribution in [1.82, 2.24) is 10.2 Å². The molecule has 2 heterocycles. The number of aliphatic carboxylic acids is 1. The molecule has 2 N–H and O–H groups in total. The molecule has 1 unspecified atom stereocenters. The summed E-state index contributed by atoms with van der Waals surface area (Å²) in [4.78, 5) is 13.6. The topological polar surface area (TPSA) is 61.8 Å². The fourth-order valence-corrected chi connectivity index (χ4v) is 2.83. The average Bonchev–Trinajstić information content (AvgIpc) is 2.87. The van der Waals surface area contributed by atoms with Crippen LogP contribution >= 0.6 is 0 Å². The van der Waals surface area contributed by atoms with E-state index < -0.39 is 12.0 Å². The Hall–Kier alpha value is -1.59. The molecule has 1 aromatic rings. The number of carboxylic acid groups (broad SMARTS) is 1. The second kappa shape index (κ2) is 5.19. The zero-order valence-corrected chi connectivity index (χ0v) is 10.8. The van der Waals surface area contributed by atoms with Gasteiger partial charge in [-0.15, -0.1) is 0 Å². The van der Waals surface area contributed by atoms with Gasteiger partial charge in [0.05, 0.1) is 6.61 Å². The normalized spacial score (nSPS) is 20.6. The van der Waals surface area contributed by atoms with Crippen molar-refractivity contribution in [1.29, 1.82) is 0 Å². The van der Waals surface area contributed by atoms with E-state index in [9.17, 15) is 9.90 Å². The highest BCUT2D eigenvalue weighted by Gasteiger charge is 2.29. The van der Waals surface area contributed by atoms with Crippen molar-refractivity contribution in [3.63, 3.8) is 0 Å². The third-order valence-corrected chi connectivity index (χ3v) is 3.78. The molecule has 1 fully saturated rings. The van der Waals surface area contributed by atoms with Gasteiger partial charge in [0, 0.05) is 32.6 Å². The van der Waals surface area contributed by atoms with Crippen LogP contribution in [0.1, 0.15) is 17.2 Å². The van der Waals surface area contributed by atoms with Gasteiger partial charge < -0.3 is 15.2 Å². The van der Waals surface area contributed by atoms with Crippen molar-refractivity contribution in [3.05, 3.63) is 29.3 Å². The summed E-state index contributed by atoms with van der Waals surface area (Å²) in [6.07, 6.45) is 0.872. The molecule has 0 spiro atoms. The molecule has 19 heavy (non-hydrogen) atoms. The van der Waals surface area contributed by atoms with E-state index in [1.54, 1.807) is 0 Å². The number of benzene rings is 1. The van der Waals surface area contributed by atoms with Crippen molar-refractivity contribution < 1.29 is 14.6 Å². The number of nitrogens with one attached hydrogen (secondary N) is 1. The Balaban J connectivity index is 1.89. The van der Waals surface area contributed by atoms with Crippen LogP contribution in [-0.4, -0.2) is 48.8 Å².